The number of nitrogens with zero attached hydrogens (tertiary/aromatic N) is 4. The second kappa shape index (κ2) is 9.56. The Morgan fingerprint density at radius 2 is 2.12 bits per heavy atom. The number of hydrogen-bond donors (Lipinski definition) is 2. The molecule has 0 aliphatic heterocycles. The number of rotatable bonds is 8. The summed E-state index contributed by atoms with van der Waals surface area (Å²) >= 11 is 6.06. The Morgan fingerprint density at radius 3 is 2.88 bits per heavy atom. The number of hydrogen-bond acceptors (Lipinski definition) is 6. The third kappa shape index (κ3) is 4.97. The fourth-order valence-electron chi connectivity index (χ4n) is 2.42. The summed E-state index contributed by atoms with van der Waals surface area (Å²) in [5.74, 6) is 1.24. The van der Waals surface area contributed by atoms with Crippen LogP contribution in [0.1, 0.15) is 13.3 Å². The molecule has 3 aromatic rings. The van der Waals surface area contributed by atoms with Crippen LogP contribution >= 0.6 is 24.0 Å². The molecule has 0 aliphatic rings. The SMILES string of the molecule is CCOCCCNc1nc(Nc2cccc(Cl)c2)c2cnn(C)c2n1.Cl. The van der Waals surface area contributed by atoms with Gasteiger partial charge in [0.15, 0.2) is 5.65 Å². The highest BCUT2D eigenvalue weighted by atomic mass is 35.5. The molecule has 9 heteroatoms. The lowest BCUT2D eigenvalue weighted by Gasteiger charge is -2.10. The quantitative estimate of drug-likeness (QED) is 0.559. The summed E-state index contributed by atoms with van der Waals surface area (Å²) < 4.78 is 7.07. The zero-order valence-electron chi connectivity index (χ0n) is 14.7. The molecule has 7 nitrogen and oxygen atoms in total. The molecule has 0 bridgehead atoms. The molecular weight excluding hydrogens is 375 g/mol. The first-order valence-corrected chi connectivity index (χ1v) is 8.59. The highest BCUT2D eigenvalue weighted by Crippen LogP contribution is 2.26. The predicted octanol–water partition coefficient (Wildman–Crippen LogP) is 4.02. The van der Waals surface area contributed by atoms with Gasteiger partial charge >= 0.3 is 0 Å². The van der Waals surface area contributed by atoms with Crippen molar-refractivity contribution >= 4 is 52.5 Å². The van der Waals surface area contributed by atoms with Gasteiger partial charge in [0.25, 0.3) is 0 Å². The number of anilines is 3. The highest BCUT2D eigenvalue weighted by molar-refractivity contribution is 6.30. The maximum Gasteiger partial charge on any atom is 0.226 e. The molecule has 26 heavy (non-hydrogen) atoms. The van der Waals surface area contributed by atoms with Gasteiger partial charge in [-0.05, 0) is 31.5 Å². The molecule has 0 saturated carbocycles. The van der Waals surface area contributed by atoms with E-state index in [1.54, 1.807) is 10.9 Å². The van der Waals surface area contributed by atoms with Crippen LogP contribution in [-0.4, -0.2) is 39.5 Å². The van der Waals surface area contributed by atoms with Crippen molar-refractivity contribution in [2.75, 3.05) is 30.4 Å². The third-order valence-electron chi connectivity index (χ3n) is 3.63. The van der Waals surface area contributed by atoms with Crippen LogP contribution in [0.5, 0.6) is 0 Å². The van der Waals surface area contributed by atoms with Crippen molar-refractivity contribution in [3.05, 3.63) is 35.5 Å². The molecule has 0 radical (unpaired) electrons. The van der Waals surface area contributed by atoms with Crippen LogP contribution in [0.15, 0.2) is 30.5 Å². The zero-order chi connectivity index (χ0) is 17.6. The summed E-state index contributed by atoms with van der Waals surface area (Å²) in [5.41, 5.74) is 1.62. The number of halogens is 2. The molecule has 2 N–H and O–H groups in total. The monoisotopic (exact) mass is 396 g/mol. The minimum Gasteiger partial charge on any atom is -0.382 e. The average Bonchev–Trinajstić information content (AvgIpc) is 2.96. The van der Waals surface area contributed by atoms with E-state index in [0.717, 1.165) is 36.3 Å². The van der Waals surface area contributed by atoms with Crippen molar-refractivity contribution < 1.29 is 4.74 Å². The van der Waals surface area contributed by atoms with Gasteiger partial charge in [-0.25, -0.2) is 0 Å². The lowest BCUT2D eigenvalue weighted by atomic mass is 10.3. The summed E-state index contributed by atoms with van der Waals surface area (Å²) in [5, 5.41) is 12.3. The fraction of sp³-hybridized carbons (Fsp3) is 0.353. The first kappa shape index (κ1) is 20.2. The lowest BCUT2D eigenvalue weighted by Crippen LogP contribution is -2.10. The molecule has 0 spiro atoms. The van der Waals surface area contributed by atoms with E-state index in [0.29, 0.717) is 23.4 Å². The first-order chi connectivity index (χ1) is 12.2. The molecule has 0 unspecified atom stereocenters. The Bertz CT molecular complexity index is 854. The number of aryl methyl sites for hydroxylation is 1. The van der Waals surface area contributed by atoms with Crippen LogP contribution in [0, 0.1) is 0 Å². The van der Waals surface area contributed by atoms with Gasteiger partial charge in [-0.15, -0.1) is 12.4 Å². The Morgan fingerprint density at radius 1 is 1.27 bits per heavy atom. The van der Waals surface area contributed by atoms with Gasteiger partial charge in [0, 0.05) is 37.5 Å². The Balaban J connectivity index is 0.00000243. The maximum absolute atomic E-state index is 6.06. The number of benzene rings is 1. The summed E-state index contributed by atoms with van der Waals surface area (Å²) in [6.45, 7) is 4.16. The van der Waals surface area contributed by atoms with Gasteiger partial charge in [-0.2, -0.15) is 15.1 Å². The molecule has 140 valence electrons. The van der Waals surface area contributed by atoms with Crippen molar-refractivity contribution in [2.45, 2.75) is 13.3 Å². The van der Waals surface area contributed by atoms with Crippen molar-refractivity contribution in [1.29, 1.82) is 0 Å². The molecule has 0 fully saturated rings. The summed E-state index contributed by atoms with van der Waals surface area (Å²) in [6.07, 6.45) is 2.64. The number of fused-ring (bicyclic) bond motifs is 1. The van der Waals surface area contributed by atoms with Crippen molar-refractivity contribution in [1.82, 2.24) is 19.7 Å². The summed E-state index contributed by atoms with van der Waals surface area (Å²) in [6, 6.07) is 7.50. The number of nitrogens with one attached hydrogen (secondary N) is 2. The van der Waals surface area contributed by atoms with Crippen LogP contribution in [0.2, 0.25) is 5.02 Å². The minimum absolute atomic E-state index is 0. The molecule has 0 amide bonds. The molecule has 0 atom stereocenters. The lowest BCUT2D eigenvalue weighted by molar-refractivity contribution is 0.147. The Labute approximate surface area is 163 Å². The first-order valence-electron chi connectivity index (χ1n) is 8.21. The van der Waals surface area contributed by atoms with E-state index in [2.05, 4.69) is 25.7 Å². The Kier molecular flexibility index (Phi) is 7.44. The van der Waals surface area contributed by atoms with E-state index in [-0.39, 0.29) is 12.4 Å². The molecule has 2 heterocycles. The van der Waals surface area contributed by atoms with E-state index in [9.17, 15) is 0 Å². The molecule has 0 aliphatic carbocycles. The summed E-state index contributed by atoms with van der Waals surface area (Å²) in [7, 11) is 1.86. The van der Waals surface area contributed by atoms with E-state index >= 15 is 0 Å². The van der Waals surface area contributed by atoms with Crippen molar-refractivity contribution in [3.63, 3.8) is 0 Å². The normalized spacial score (nSPS) is 10.6. The molecule has 1 aromatic carbocycles. The molecular formula is C17H22Cl2N6O. The minimum atomic E-state index is 0. The number of aromatic nitrogens is 4. The largest absolute Gasteiger partial charge is 0.382 e. The summed E-state index contributed by atoms with van der Waals surface area (Å²) in [4.78, 5) is 9.13. The predicted molar refractivity (Wildman–Crippen MR) is 108 cm³/mol. The van der Waals surface area contributed by atoms with E-state index in [1.807, 2.05) is 38.2 Å². The molecule has 3 rings (SSSR count). The van der Waals surface area contributed by atoms with Gasteiger partial charge in [0.05, 0.1) is 11.6 Å². The topological polar surface area (TPSA) is 76.9 Å². The second-order valence-corrected chi connectivity index (χ2v) is 5.95. The zero-order valence-corrected chi connectivity index (χ0v) is 16.3. The standard InChI is InChI=1S/C17H21ClN6O.ClH/c1-3-25-9-5-8-19-17-22-15(14-11-20-24(2)16(14)23-17)21-13-7-4-6-12(18)10-13;/h4,6-7,10-11H,3,5,8-9H2,1-2H3,(H2,19,21,22,23);1H. The van der Waals surface area contributed by atoms with Crippen LogP contribution in [-0.2, 0) is 11.8 Å². The van der Waals surface area contributed by atoms with Crippen LogP contribution in [0.4, 0.5) is 17.5 Å². The smallest absolute Gasteiger partial charge is 0.226 e. The van der Waals surface area contributed by atoms with Gasteiger partial charge in [-0.3, -0.25) is 4.68 Å². The van der Waals surface area contributed by atoms with E-state index in [4.69, 9.17) is 16.3 Å². The number of ether oxygens (including phenoxy) is 1. The van der Waals surface area contributed by atoms with Crippen LogP contribution in [0.3, 0.4) is 0 Å². The van der Waals surface area contributed by atoms with Crippen molar-refractivity contribution in [2.24, 2.45) is 7.05 Å². The third-order valence-corrected chi connectivity index (χ3v) is 3.87. The average molecular weight is 397 g/mol. The van der Waals surface area contributed by atoms with Gasteiger partial charge in [0.1, 0.15) is 5.82 Å². The second-order valence-electron chi connectivity index (χ2n) is 5.51. The van der Waals surface area contributed by atoms with Crippen molar-refractivity contribution in [3.8, 4) is 0 Å². The molecule has 2 aromatic heterocycles. The van der Waals surface area contributed by atoms with Gasteiger partial charge < -0.3 is 15.4 Å². The Hall–Kier alpha value is -2.09. The van der Waals surface area contributed by atoms with E-state index < -0.39 is 0 Å². The molecule has 0 saturated heterocycles. The fourth-order valence-corrected chi connectivity index (χ4v) is 2.61. The maximum atomic E-state index is 6.06. The highest BCUT2D eigenvalue weighted by Gasteiger charge is 2.12. The van der Waals surface area contributed by atoms with Crippen LogP contribution < -0.4 is 10.6 Å². The van der Waals surface area contributed by atoms with E-state index in [1.165, 1.54) is 0 Å². The van der Waals surface area contributed by atoms with Crippen LogP contribution in [0.25, 0.3) is 11.0 Å². The van der Waals surface area contributed by atoms with Gasteiger partial charge in [-0.1, -0.05) is 17.7 Å². The van der Waals surface area contributed by atoms with Gasteiger partial charge in [0.2, 0.25) is 5.95 Å².